The molecule has 31 heavy (non-hydrogen) atoms. The first-order valence-electron chi connectivity index (χ1n) is 9.84. The Morgan fingerprint density at radius 3 is 2.65 bits per heavy atom. The van der Waals surface area contributed by atoms with E-state index >= 15 is 0 Å². The van der Waals surface area contributed by atoms with Crippen molar-refractivity contribution < 1.29 is 28.6 Å². The highest BCUT2D eigenvalue weighted by molar-refractivity contribution is 6.04. The van der Waals surface area contributed by atoms with E-state index in [0.29, 0.717) is 34.3 Å². The summed E-state index contributed by atoms with van der Waals surface area (Å²) in [5.41, 5.74) is 1.65. The number of nitrogens with one attached hydrogen (secondary N) is 2. The van der Waals surface area contributed by atoms with E-state index in [2.05, 4.69) is 10.6 Å². The topological polar surface area (TPSA) is 106 Å². The van der Waals surface area contributed by atoms with Gasteiger partial charge in [-0.15, -0.1) is 0 Å². The van der Waals surface area contributed by atoms with Gasteiger partial charge in [0.25, 0.3) is 5.91 Å². The molecule has 0 bridgehead atoms. The molecule has 3 amide bonds. The average molecular weight is 425 g/mol. The van der Waals surface area contributed by atoms with Crippen LogP contribution in [-0.2, 0) is 14.4 Å². The number of methoxy groups -OCH3 is 2. The normalized spacial score (nSPS) is 19.9. The van der Waals surface area contributed by atoms with Gasteiger partial charge in [-0.25, -0.2) is 0 Å². The Kier molecular flexibility index (Phi) is 5.41. The van der Waals surface area contributed by atoms with Crippen LogP contribution in [0.1, 0.15) is 13.3 Å². The summed E-state index contributed by atoms with van der Waals surface area (Å²) >= 11 is 0. The van der Waals surface area contributed by atoms with Crippen LogP contribution in [0.2, 0.25) is 0 Å². The fourth-order valence-corrected chi connectivity index (χ4v) is 3.66. The molecule has 9 heteroatoms. The van der Waals surface area contributed by atoms with Crippen molar-refractivity contribution in [2.75, 3.05) is 36.3 Å². The first-order chi connectivity index (χ1) is 14.9. The van der Waals surface area contributed by atoms with Gasteiger partial charge >= 0.3 is 0 Å². The molecule has 162 valence electrons. The minimum Gasteiger partial charge on any atom is -0.493 e. The Hall–Kier alpha value is -3.75. The lowest BCUT2D eigenvalue weighted by atomic mass is 10.1. The lowest BCUT2D eigenvalue weighted by molar-refractivity contribution is -0.122. The number of fused-ring (bicyclic) bond motifs is 1. The molecule has 4 rings (SSSR count). The molecule has 2 aliphatic rings. The maximum Gasteiger partial charge on any atom is 0.265 e. The Bertz CT molecular complexity index is 1050. The van der Waals surface area contributed by atoms with Crippen LogP contribution in [0.25, 0.3) is 0 Å². The molecule has 0 aromatic heterocycles. The standard InChI is InChI=1S/C22H23N3O6/c1-12-21(27)24-16-9-14(4-6-17(16)31-12)23-22(28)13-8-20(26)25(11-13)15-5-7-18(29-2)19(10-15)30-3/h4-7,9-10,12-13H,8,11H2,1-3H3,(H,23,28)(H,24,27)/t12-,13+/m0/s1. The van der Waals surface area contributed by atoms with Crippen molar-refractivity contribution in [1.82, 2.24) is 0 Å². The van der Waals surface area contributed by atoms with Crippen molar-refractivity contribution in [3.05, 3.63) is 36.4 Å². The van der Waals surface area contributed by atoms with E-state index in [1.807, 2.05) is 0 Å². The first-order valence-corrected chi connectivity index (χ1v) is 9.84. The molecule has 2 N–H and O–H groups in total. The van der Waals surface area contributed by atoms with Gasteiger partial charge in [0.1, 0.15) is 5.75 Å². The molecule has 0 unspecified atom stereocenters. The van der Waals surface area contributed by atoms with Crippen molar-refractivity contribution in [3.8, 4) is 17.2 Å². The third-order valence-corrected chi connectivity index (χ3v) is 5.35. The fourth-order valence-electron chi connectivity index (χ4n) is 3.66. The molecule has 2 aromatic rings. The molecular formula is C22H23N3O6. The molecule has 0 aliphatic carbocycles. The summed E-state index contributed by atoms with van der Waals surface area (Å²) in [5.74, 6) is 0.435. The van der Waals surface area contributed by atoms with E-state index in [4.69, 9.17) is 14.2 Å². The monoisotopic (exact) mass is 425 g/mol. The number of carbonyl (C=O) groups excluding carboxylic acids is 3. The molecular weight excluding hydrogens is 402 g/mol. The van der Waals surface area contributed by atoms with Crippen molar-refractivity contribution >= 4 is 34.8 Å². The predicted molar refractivity (Wildman–Crippen MR) is 114 cm³/mol. The average Bonchev–Trinajstić information content (AvgIpc) is 3.16. The smallest absolute Gasteiger partial charge is 0.265 e. The number of anilines is 3. The number of hydrogen-bond acceptors (Lipinski definition) is 6. The molecule has 2 atom stereocenters. The van der Waals surface area contributed by atoms with Crippen LogP contribution in [0.4, 0.5) is 17.1 Å². The van der Waals surface area contributed by atoms with Crippen molar-refractivity contribution in [2.24, 2.45) is 5.92 Å². The number of rotatable bonds is 5. The second kappa shape index (κ2) is 8.17. The van der Waals surface area contributed by atoms with E-state index in [1.54, 1.807) is 48.2 Å². The van der Waals surface area contributed by atoms with Gasteiger partial charge < -0.3 is 29.7 Å². The summed E-state index contributed by atoms with van der Waals surface area (Å²) in [4.78, 5) is 38.7. The summed E-state index contributed by atoms with van der Waals surface area (Å²) < 4.78 is 16.1. The number of hydrogen-bond donors (Lipinski definition) is 2. The summed E-state index contributed by atoms with van der Waals surface area (Å²) in [5, 5.41) is 5.57. The van der Waals surface area contributed by atoms with Crippen molar-refractivity contribution in [2.45, 2.75) is 19.4 Å². The van der Waals surface area contributed by atoms with Gasteiger partial charge in [0, 0.05) is 30.4 Å². The number of carbonyl (C=O) groups is 3. The Balaban J connectivity index is 1.46. The highest BCUT2D eigenvalue weighted by Crippen LogP contribution is 2.35. The van der Waals surface area contributed by atoms with Gasteiger partial charge in [-0.05, 0) is 37.3 Å². The fraction of sp³-hybridized carbons (Fsp3) is 0.318. The second-order valence-electron chi connectivity index (χ2n) is 7.39. The number of benzene rings is 2. The molecule has 1 fully saturated rings. The summed E-state index contributed by atoms with van der Waals surface area (Å²) in [6.07, 6.45) is -0.470. The molecule has 0 saturated carbocycles. The van der Waals surface area contributed by atoms with Crippen molar-refractivity contribution in [1.29, 1.82) is 0 Å². The molecule has 1 saturated heterocycles. The van der Waals surface area contributed by atoms with Gasteiger partial charge in [0.05, 0.1) is 25.8 Å². The number of amides is 3. The molecule has 0 radical (unpaired) electrons. The van der Waals surface area contributed by atoms with Gasteiger partial charge in [0.15, 0.2) is 17.6 Å². The van der Waals surface area contributed by atoms with Crippen LogP contribution >= 0.6 is 0 Å². The van der Waals surface area contributed by atoms with Gasteiger partial charge in [-0.3, -0.25) is 14.4 Å². The lowest BCUT2D eigenvalue weighted by Crippen LogP contribution is -2.34. The summed E-state index contributed by atoms with van der Waals surface area (Å²) in [7, 11) is 3.06. The van der Waals surface area contributed by atoms with E-state index in [1.165, 1.54) is 14.2 Å². The summed E-state index contributed by atoms with van der Waals surface area (Å²) in [6.45, 7) is 1.91. The third kappa shape index (κ3) is 3.98. The molecule has 2 aromatic carbocycles. The maximum absolute atomic E-state index is 12.8. The minimum atomic E-state index is -0.569. The Labute approximate surface area is 179 Å². The molecule has 9 nitrogen and oxygen atoms in total. The zero-order chi connectivity index (χ0) is 22.1. The highest BCUT2D eigenvalue weighted by atomic mass is 16.5. The summed E-state index contributed by atoms with van der Waals surface area (Å²) in [6, 6.07) is 10.2. The van der Waals surface area contributed by atoms with Crippen LogP contribution in [0, 0.1) is 5.92 Å². The minimum absolute atomic E-state index is 0.0997. The second-order valence-corrected chi connectivity index (χ2v) is 7.39. The SMILES string of the molecule is COc1ccc(N2C[C@H](C(=O)Nc3ccc4c(c3)NC(=O)[C@H](C)O4)CC2=O)cc1OC. The first kappa shape index (κ1) is 20.5. The van der Waals surface area contributed by atoms with E-state index in [9.17, 15) is 14.4 Å². The van der Waals surface area contributed by atoms with Crippen LogP contribution in [0.3, 0.4) is 0 Å². The van der Waals surface area contributed by atoms with Crippen molar-refractivity contribution in [3.63, 3.8) is 0 Å². The Morgan fingerprint density at radius 1 is 1.13 bits per heavy atom. The maximum atomic E-state index is 12.8. The molecule has 0 spiro atoms. The number of nitrogens with zero attached hydrogens (tertiary/aromatic N) is 1. The predicted octanol–water partition coefficient (Wildman–Crippen LogP) is 2.41. The van der Waals surface area contributed by atoms with Crippen LogP contribution in [0.5, 0.6) is 17.2 Å². The van der Waals surface area contributed by atoms with Gasteiger partial charge in [-0.2, -0.15) is 0 Å². The van der Waals surface area contributed by atoms with E-state index in [-0.39, 0.29) is 30.7 Å². The molecule has 2 aliphatic heterocycles. The van der Waals surface area contributed by atoms with Crippen LogP contribution in [-0.4, -0.2) is 44.6 Å². The van der Waals surface area contributed by atoms with E-state index in [0.717, 1.165) is 0 Å². The highest BCUT2D eigenvalue weighted by Gasteiger charge is 2.35. The molecule has 2 heterocycles. The number of ether oxygens (including phenoxy) is 3. The Morgan fingerprint density at radius 2 is 1.90 bits per heavy atom. The zero-order valence-corrected chi connectivity index (χ0v) is 17.4. The zero-order valence-electron chi connectivity index (χ0n) is 17.4. The lowest BCUT2D eigenvalue weighted by Gasteiger charge is -2.24. The van der Waals surface area contributed by atoms with Gasteiger partial charge in [-0.1, -0.05) is 0 Å². The van der Waals surface area contributed by atoms with Gasteiger partial charge in [0.2, 0.25) is 11.8 Å². The van der Waals surface area contributed by atoms with E-state index < -0.39 is 12.0 Å². The quantitative estimate of drug-likeness (QED) is 0.762. The van der Waals surface area contributed by atoms with Crippen LogP contribution < -0.4 is 29.7 Å². The van der Waals surface area contributed by atoms with Crippen LogP contribution in [0.15, 0.2) is 36.4 Å². The third-order valence-electron chi connectivity index (χ3n) is 5.35. The largest absolute Gasteiger partial charge is 0.493 e.